The van der Waals surface area contributed by atoms with Gasteiger partial charge in [-0.05, 0) is 5.92 Å². The topological polar surface area (TPSA) is 54.4 Å². The molecule has 0 saturated carbocycles. The van der Waals surface area contributed by atoms with Gasteiger partial charge < -0.3 is 5.11 Å². The number of carbonyl (C=O) groups is 2. The average Bonchev–Trinajstić information content (AvgIpc) is 2.00. The number of carboxylic acids is 1. The van der Waals surface area contributed by atoms with Gasteiger partial charge in [0.15, 0.2) is 5.12 Å². The summed E-state index contributed by atoms with van der Waals surface area (Å²) in [5.74, 6) is -0.566. The monoisotopic (exact) mass is 204 g/mol. The summed E-state index contributed by atoms with van der Waals surface area (Å²) in [6.45, 7) is 5.45. The second kappa shape index (κ2) is 6.02. The molecule has 0 bridgehead atoms. The number of thioether (sulfide) groups is 1. The van der Waals surface area contributed by atoms with Crippen molar-refractivity contribution >= 4 is 22.8 Å². The first-order chi connectivity index (χ1) is 5.97. The Morgan fingerprint density at radius 1 is 1.46 bits per heavy atom. The van der Waals surface area contributed by atoms with Crippen LogP contribution in [0.1, 0.15) is 33.6 Å². The molecule has 0 rings (SSSR count). The summed E-state index contributed by atoms with van der Waals surface area (Å²) in [6.07, 6.45) is 0.970. The molecule has 0 aromatic rings. The van der Waals surface area contributed by atoms with E-state index in [0.717, 1.165) is 18.2 Å². The van der Waals surface area contributed by atoms with Crippen molar-refractivity contribution in [3.8, 4) is 0 Å². The van der Waals surface area contributed by atoms with E-state index in [1.807, 2.05) is 13.8 Å². The number of carbonyl (C=O) groups excluding carboxylic acids is 1. The van der Waals surface area contributed by atoms with E-state index < -0.39 is 5.97 Å². The normalized spacial score (nSPS) is 15.0. The smallest absolute Gasteiger partial charge is 0.304 e. The maximum Gasteiger partial charge on any atom is 0.304 e. The molecule has 0 amide bonds. The van der Waals surface area contributed by atoms with Crippen LogP contribution in [0.25, 0.3) is 0 Å². The van der Waals surface area contributed by atoms with Gasteiger partial charge in [-0.2, -0.15) is 0 Å². The lowest BCUT2D eigenvalue weighted by Crippen LogP contribution is -2.19. The molecule has 0 radical (unpaired) electrons. The third kappa shape index (κ3) is 5.69. The zero-order valence-corrected chi connectivity index (χ0v) is 9.06. The molecule has 1 N–H and O–H groups in total. The third-order valence-corrected chi connectivity index (χ3v) is 3.24. The zero-order valence-electron chi connectivity index (χ0n) is 8.24. The Morgan fingerprint density at radius 3 is 2.31 bits per heavy atom. The summed E-state index contributed by atoms with van der Waals surface area (Å²) in [5, 5.41) is 8.53. The molecule has 0 aliphatic heterocycles. The van der Waals surface area contributed by atoms with Crippen molar-refractivity contribution in [3.05, 3.63) is 0 Å². The van der Waals surface area contributed by atoms with E-state index in [1.165, 1.54) is 6.92 Å². The zero-order chi connectivity index (χ0) is 10.4. The fourth-order valence-corrected chi connectivity index (χ4v) is 2.08. The van der Waals surface area contributed by atoms with Crippen molar-refractivity contribution in [2.45, 2.75) is 38.9 Å². The van der Waals surface area contributed by atoms with Crippen LogP contribution in [0.3, 0.4) is 0 Å². The first-order valence-electron chi connectivity index (χ1n) is 4.36. The number of carboxylic acid groups (broad SMARTS) is 1. The van der Waals surface area contributed by atoms with Crippen LogP contribution in [-0.4, -0.2) is 21.4 Å². The van der Waals surface area contributed by atoms with E-state index >= 15 is 0 Å². The molecule has 0 aromatic heterocycles. The SMILES string of the molecule is CC[C@H](C)[C@H](CC(=O)O)SC(C)=O. The number of hydrogen-bond acceptors (Lipinski definition) is 3. The van der Waals surface area contributed by atoms with Gasteiger partial charge >= 0.3 is 5.97 Å². The molecule has 0 aromatic carbocycles. The second-order valence-electron chi connectivity index (χ2n) is 3.13. The van der Waals surface area contributed by atoms with Crippen molar-refractivity contribution in [1.82, 2.24) is 0 Å². The van der Waals surface area contributed by atoms with Crippen LogP contribution in [0.5, 0.6) is 0 Å². The quantitative estimate of drug-likeness (QED) is 0.745. The summed E-state index contributed by atoms with van der Waals surface area (Å²) < 4.78 is 0. The Kier molecular flexibility index (Phi) is 5.79. The molecule has 13 heavy (non-hydrogen) atoms. The standard InChI is InChI=1S/C9H16O3S/c1-4-6(2)8(5-9(11)12)13-7(3)10/h6,8H,4-5H2,1-3H3,(H,11,12)/t6-,8-/m0/s1. The van der Waals surface area contributed by atoms with Crippen LogP contribution >= 0.6 is 11.8 Å². The van der Waals surface area contributed by atoms with E-state index in [-0.39, 0.29) is 22.7 Å². The van der Waals surface area contributed by atoms with E-state index in [0.29, 0.717) is 0 Å². The van der Waals surface area contributed by atoms with Crippen molar-refractivity contribution < 1.29 is 14.7 Å². The van der Waals surface area contributed by atoms with Gasteiger partial charge in [0.1, 0.15) is 0 Å². The predicted octanol–water partition coefficient (Wildman–Crippen LogP) is 2.16. The molecule has 0 heterocycles. The molecule has 0 aliphatic rings. The minimum atomic E-state index is -0.834. The molecule has 0 fully saturated rings. The third-order valence-electron chi connectivity index (χ3n) is 1.97. The molecule has 2 atom stereocenters. The van der Waals surface area contributed by atoms with Gasteiger partial charge in [-0.1, -0.05) is 32.0 Å². The maximum atomic E-state index is 10.8. The highest BCUT2D eigenvalue weighted by atomic mass is 32.2. The highest BCUT2D eigenvalue weighted by Crippen LogP contribution is 2.25. The lowest BCUT2D eigenvalue weighted by molar-refractivity contribution is -0.137. The molecule has 0 spiro atoms. The molecule has 0 saturated heterocycles. The van der Waals surface area contributed by atoms with Crippen LogP contribution in [0.2, 0.25) is 0 Å². The summed E-state index contributed by atoms with van der Waals surface area (Å²) in [7, 11) is 0. The van der Waals surface area contributed by atoms with Gasteiger partial charge in [0.05, 0.1) is 6.42 Å². The van der Waals surface area contributed by atoms with Crippen LogP contribution < -0.4 is 0 Å². The van der Waals surface area contributed by atoms with E-state index in [2.05, 4.69) is 0 Å². The fraction of sp³-hybridized carbons (Fsp3) is 0.778. The lowest BCUT2D eigenvalue weighted by atomic mass is 10.0. The first-order valence-corrected chi connectivity index (χ1v) is 5.24. The van der Waals surface area contributed by atoms with Crippen LogP contribution in [0.15, 0.2) is 0 Å². The van der Waals surface area contributed by atoms with Gasteiger partial charge in [-0.15, -0.1) is 0 Å². The Bertz CT molecular complexity index is 175. The minimum absolute atomic E-state index is 0.00782. The molecule has 0 aliphatic carbocycles. The van der Waals surface area contributed by atoms with Gasteiger partial charge in [0.25, 0.3) is 0 Å². The van der Waals surface area contributed by atoms with Crippen molar-refractivity contribution in [3.63, 3.8) is 0 Å². The summed E-state index contributed by atoms with van der Waals surface area (Å²) in [5.41, 5.74) is 0. The Hall–Kier alpha value is -0.510. The highest BCUT2D eigenvalue weighted by Gasteiger charge is 2.21. The summed E-state index contributed by atoms with van der Waals surface area (Å²) in [4.78, 5) is 21.3. The number of hydrogen-bond donors (Lipinski definition) is 1. The van der Waals surface area contributed by atoms with E-state index in [9.17, 15) is 9.59 Å². The van der Waals surface area contributed by atoms with Crippen LogP contribution in [-0.2, 0) is 9.59 Å². The molecule has 4 heteroatoms. The molecule has 3 nitrogen and oxygen atoms in total. The average molecular weight is 204 g/mol. The second-order valence-corrected chi connectivity index (χ2v) is 4.55. The largest absolute Gasteiger partial charge is 0.481 e. The summed E-state index contributed by atoms with van der Waals surface area (Å²) >= 11 is 1.14. The Morgan fingerprint density at radius 2 is 2.00 bits per heavy atom. The van der Waals surface area contributed by atoms with Gasteiger partial charge in [0, 0.05) is 12.2 Å². The van der Waals surface area contributed by atoms with Crippen LogP contribution in [0, 0.1) is 5.92 Å². The summed E-state index contributed by atoms with van der Waals surface area (Å²) in [6, 6.07) is 0. The molecular weight excluding hydrogens is 188 g/mol. The number of aliphatic carboxylic acids is 1. The minimum Gasteiger partial charge on any atom is -0.481 e. The maximum absolute atomic E-state index is 10.8. The van der Waals surface area contributed by atoms with Gasteiger partial charge in [-0.25, -0.2) is 0 Å². The molecule has 76 valence electrons. The van der Waals surface area contributed by atoms with Gasteiger partial charge in [-0.3, -0.25) is 9.59 Å². The van der Waals surface area contributed by atoms with E-state index in [4.69, 9.17) is 5.11 Å². The fourth-order valence-electron chi connectivity index (χ4n) is 1.01. The van der Waals surface area contributed by atoms with Crippen molar-refractivity contribution in [2.24, 2.45) is 5.92 Å². The Balaban J connectivity index is 4.17. The molecule has 0 unspecified atom stereocenters. The van der Waals surface area contributed by atoms with Crippen molar-refractivity contribution in [2.75, 3.05) is 0 Å². The number of rotatable bonds is 5. The Labute approximate surface area is 82.9 Å². The van der Waals surface area contributed by atoms with Crippen molar-refractivity contribution in [1.29, 1.82) is 0 Å². The molecular formula is C9H16O3S. The first kappa shape index (κ1) is 12.5. The van der Waals surface area contributed by atoms with E-state index in [1.54, 1.807) is 0 Å². The predicted molar refractivity (Wildman–Crippen MR) is 53.8 cm³/mol. The lowest BCUT2D eigenvalue weighted by Gasteiger charge is -2.18. The highest BCUT2D eigenvalue weighted by molar-refractivity contribution is 8.14. The van der Waals surface area contributed by atoms with Gasteiger partial charge in [0.2, 0.25) is 0 Å². The van der Waals surface area contributed by atoms with Crippen LogP contribution in [0.4, 0.5) is 0 Å².